The van der Waals surface area contributed by atoms with Gasteiger partial charge >= 0.3 is 6.18 Å². The molecule has 152 valence electrons. The van der Waals surface area contributed by atoms with Crippen LogP contribution in [0.3, 0.4) is 0 Å². The molecule has 1 aromatic carbocycles. The van der Waals surface area contributed by atoms with Gasteiger partial charge < -0.3 is 10.1 Å². The average molecular weight is 412 g/mol. The summed E-state index contributed by atoms with van der Waals surface area (Å²) in [5, 5.41) is 3.21. The van der Waals surface area contributed by atoms with Crippen molar-refractivity contribution in [1.29, 1.82) is 0 Å². The quantitative estimate of drug-likeness (QED) is 0.506. The van der Waals surface area contributed by atoms with Crippen LogP contribution in [0.2, 0.25) is 0 Å². The first-order valence-corrected chi connectivity index (χ1v) is 8.95. The van der Waals surface area contributed by atoms with E-state index in [-0.39, 0.29) is 5.88 Å². The third kappa shape index (κ3) is 4.59. The number of aromatic nitrogens is 5. The van der Waals surface area contributed by atoms with Crippen molar-refractivity contribution >= 4 is 17.0 Å². The molecule has 0 spiro atoms. The number of halogens is 3. The molecule has 3 heterocycles. The van der Waals surface area contributed by atoms with Gasteiger partial charge in [0.2, 0.25) is 5.88 Å². The molecule has 0 unspecified atom stereocenters. The van der Waals surface area contributed by atoms with Gasteiger partial charge in [-0.25, -0.2) is 24.9 Å². The summed E-state index contributed by atoms with van der Waals surface area (Å²) in [6.07, 6.45) is 1.88. The second kappa shape index (κ2) is 8.27. The lowest BCUT2D eigenvalue weighted by atomic mass is 10.1. The summed E-state index contributed by atoms with van der Waals surface area (Å²) in [6.45, 7) is 0.595. The lowest BCUT2D eigenvalue weighted by molar-refractivity contribution is -0.137. The van der Waals surface area contributed by atoms with E-state index in [0.29, 0.717) is 35.7 Å². The van der Waals surface area contributed by atoms with Crippen LogP contribution in [0.15, 0.2) is 61.3 Å². The minimum atomic E-state index is -4.45. The molecule has 0 radical (unpaired) electrons. The first kappa shape index (κ1) is 19.5. The number of alkyl halides is 3. The Hall–Kier alpha value is -3.82. The van der Waals surface area contributed by atoms with Crippen molar-refractivity contribution in [2.24, 2.45) is 0 Å². The number of ether oxygens (including phenoxy) is 1. The van der Waals surface area contributed by atoms with Gasteiger partial charge in [-0.05, 0) is 30.2 Å². The van der Waals surface area contributed by atoms with Crippen LogP contribution in [-0.4, -0.2) is 31.5 Å². The number of anilines is 1. The van der Waals surface area contributed by atoms with E-state index in [4.69, 9.17) is 4.74 Å². The number of rotatable bonds is 6. The van der Waals surface area contributed by atoms with Gasteiger partial charge in [0.05, 0.1) is 5.56 Å². The molecule has 30 heavy (non-hydrogen) atoms. The van der Waals surface area contributed by atoms with Gasteiger partial charge in [-0.3, -0.25) is 0 Å². The molecule has 0 amide bonds. The first-order valence-electron chi connectivity index (χ1n) is 8.95. The Balaban J connectivity index is 1.36. The van der Waals surface area contributed by atoms with E-state index in [1.54, 1.807) is 24.5 Å². The molecule has 0 fully saturated rings. The minimum Gasteiger partial charge on any atom is -0.439 e. The number of pyridine rings is 1. The van der Waals surface area contributed by atoms with Crippen LogP contribution in [0.4, 0.5) is 19.0 Å². The molecule has 1 N–H and O–H groups in total. The molecular formula is C20H15F3N6O. The van der Waals surface area contributed by atoms with E-state index in [9.17, 15) is 13.2 Å². The Morgan fingerprint density at radius 2 is 1.67 bits per heavy atom. The summed E-state index contributed by atoms with van der Waals surface area (Å²) in [5.74, 6) is 0.885. The third-order valence-corrected chi connectivity index (χ3v) is 4.18. The van der Waals surface area contributed by atoms with E-state index in [1.807, 2.05) is 12.1 Å². The summed E-state index contributed by atoms with van der Waals surface area (Å²) in [6, 6.07) is 8.80. The van der Waals surface area contributed by atoms with Gasteiger partial charge in [-0.15, -0.1) is 0 Å². The van der Waals surface area contributed by atoms with Crippen LogP contribution in [0.5, 0.6) is 11.6 Å². The van der Waals surface area contributed by atoms with Gasteiger partial charge in [0.15, 0.2) is 11.5 Å². The van der Waals surface area contributed by atoms with Crippen LogP contribution in [0.1, 0.15) is 11.1 Å². The normalized spacial score (nSPS) is 11.4. The zero-order chi connectivity index (χ0) is 21.0. The molecule has 4 aromatic rings. The lowest BCUT2D eigenvalue weighted by Gasteiger charge is -2.10. The number of benzene rings is 1. The zero-order valence-electron chi connectivity index (χ0n) is 15.5. The van der Waals surface area contributed by atoms with Crippen LogP contribution in [0.25, 0.3) is 11.2 Å². The Morgan fingerprint density at radius 1 is 0.867 bits per heavy atom. The highest BCUT2D eigenvalue weighted by Gasteiger charge is 2.31. The SMILES string of the molecule is FC(F)(F)c1ccnc(Oc2ccc(CCNc3ncnc4nccnc34)cc2)c1. The van der Waals surface area contributed by atoms with E-state index >= 15 is 0 Å². The summed E-state index contributed by atoms with van der Waals surface area (Å²) >= 11 is 0. The Morgan fingerprint density at radius 3 is 2.47 bits per heavy atom. The molecule has 10 heteroatoms. The Labute approximate surface area is 169 Å². The van der Waals surface area contributed by atoms with Crippen LogP contribution in [0, 0.1) is 0 Å². The highest BCUT2D eigenvalue weighted by molar-refractivity contribution is 5.81. The molecule has 0 aliphatic heterocycles. The molecule has 0 bridgehead atoms. The molecule has 0 aliphatic carbocycles. The van der Waals surface area contributed by atoms with Crippen LogP contribution < -0.4 is 10.1 Å². The molecule has 0 atom stereocenters. The maximum absolute atomic E-state index is 12.8. The fourth-order valence-corrected chi connectivity index (χ4v) is 2.74. The van der Waals surface area contributed by atoms with Gasteiger partial charge in [-0.1, -0.05) is 12.1 Å². The maximum Gasteiger partial charge on any atom is 0.416 e. The lowest BCUT2D eigenvalue weighted by Crippen LogP contribution is -2.08. The zero-order valence-corrected chi connectivity index (χ0v) is 15.5. The van der Waals surface area contributed by atoms with E-state index in [0.717, 1.165) is 23.9 Å². The largest absolute Gasteiger partial charge is 0.439 e. The molecule has 4 rings (SSSR count). The van der Waals surface area contributed by atoms with Crippen molar-refractivity contribution in [3.8, 4) is 11.6 Å². The molecule has 0 aliphatic rings. The fourth-order valence-electron chi connectivity index (χ4n) is 2.74. The van der Waals surface area contributed by atoms with Gasteiger partial charge in [0.1, 0.15) is 17.6 Å². The number of nitrogens with one attached hydrogen (secondary N) is 1. The highest BCUT2D eigenvalue weighted by Crippen LogP contribution is 2.31. The smallest absolute Gasteiger partial charge is 0.416 e. The summed E-state index contributed by atoms with van der Waals surface area (Å²) in [5.41, 5.74) is 1.31. The van der Waals surface area contributed by atoms with Crippen molar-refractivity contribution in [3.05, 3.63) is 72.4 Å². The number of fused-ring (bicyclic) bond motifs is 1. The van der Waals surface area contributed by atoms with Crippen molar-refractivity contribution in [2.75, 3.05) is 11.9 Å². The number of hydrogen-bond acceptors (Lipinski definition) is 7. The third-order valence-electron chi connectivity index (χ3n) is 4.18. The van der Waals surface area contributed by atoms with Crippen molar-refractivity contribution in [1.82, 2.24) is 24.9 Å². The molecule has 0 saturated heterocycles. The summed E-state index contributed by atoms with van der Waals surface area (Å²) in [7, 11) is 0. The average Bonchev–Trinajstić information content (AvgIpc) is 2.75. The molecule has 3 aromatic heterocycles. The molecular weight excluding hydrogens is 397 g/mol. The van der Waals surface area contributed by atoms with Crippen molar-refractivity contribution in [2.45, 2.75) is 12.6 Å². The van der Waals surface area contributed by atoms with E-state index in [1.165, 1.54) is 6.33 Å². The summed E-state index contributed by atoms with van der Waals surface area (Å²) in [4.78, 5) is 20.5. The van der Waals surface area contributed by atoms with Gasteiger partial charge in [-0.2, -0.15) is 13.2 Å². The predicted molar refractivity (Wildman–Crippen MR) is 103 cm³/mol. The van der Waals surface area contributed by atoms with Crippen molar-refractivity contribution in [3.63, 3.8) is 0 Å². The topological polar surface area (TPSA) is 85.7 Å². The first-order chi connectivity index (χ1) is 14.5. The Kier molecular flexibility index (Phi) is 5.38. The van der Waals surface area contributed by atoms with E-state index in [2.05, 4.69) is 30.2 Å². The Bertz CT molecular complexity index is 1150. The standard InChI is InChI=1S/C20H15F3N6O/c21-20(22,23)14-6-8-24-16(11-14)30-15-3-1-13(2-4-15)5-7-26-18-17-19(29-12-28-18)27-10-9-25-17/h1-4,6,8-12H,5,7H2,(H,26,27,28,29). The number of hydrogen-bond donors (Lipinski definition) is 1. The molecule has 0 saturated carbocycles. The monoisotopic (exact) mass is 412 g/mol. The van der Waals surface area contributed by atoms with Crippen LogP contribution in [-0.2, 0) is 12.6 Å². The number of nitrogens with zero attached hydrogens (tertiary/aromatic N) is 5. The highest BCUT2D eigenvalue weighted by atomic mass is 19.4. The fraction of sp³-hybridized carbons (Fsp3) is 0.150. The second-order valence-corrected chi connectivity index (χ2v) is 6.25. The second-order valence-electron chi connectivity index (χ2n) is 6.25. The van der Waals surface area contributed by atoms with Crippen LogP contribution >= 0.6 is 0 Å². The van der Waals surface area contributed by atoms with Crippen molar-refractivity contribution < 1.29 is 17.9 Å². The van der Waals surface area contributed by atoms with E-state index < -0.39 is 11.7 Å². The van der Waals surface area contributed by atoms with Gasteiger partial charge in [0, 0.05) is 31.2 Å². The minimum absolute atomic E-state index is 0.115. The maximum atomic E-state index is 12.8. The summed E-state index contributed by atoms with van der Waals surface area (Å²) < 4.78 is 43.8. The molecule has 7 nitrogen and oxygen atoms in total. The van der Waals surface area contributed by atoms with Gasteiger partial charge in [0.25, 0.3) is 0 Å². The predicted octanol–water partition coefficient (Wildman–Crippen LogP) is 4.28.